The zero-order chi connectivity index (χ0) is 20.1. The number of carbonyl (C=O) groups excluding carboxylic acids is 1. The number of hydrogen-bond acceptors (Lipinski definition) is 6. The Balaban J connectivity index is 1.67. The van der Waals surface area contributed by atoms with Crippen LogP contribution in [0.2, 0.25) is 0 Å². The van der Waals surface area contributed by atoms with Crippen LogP contribution in [0.4, 0.5) is 5.13 Å². The monoisotopic (exact) mass is 477 g/mol. The van der Waals surface area contributed by atoms with Crippen LogP contribution in [0.5, 0.6) is 11.5 Å². The smallest absolute Gasteiger partial charge is 0.257 e. The van der Waals surface area contributed by atoms with Crippen molar-refractivity contribution in [2.75, 3.05) is 19.5 Å². The van der Waals surface area contributed by atoms with Gasteiger partial charge >= 0.3 is 0 Å². The van der Waals surface area contributed by atoms with Crippen LogP contribution >= 0.6 is 39.5 Å². The summed E-state index contributed by atoms with van der Waals surface area (Å²) in [6, 6.07) is 12.6. The number of methoxy groups -OCH3 is 2. The molecule has 0 unspecified atom stereocenters. The van der Waals surface area contributed by atoms with Gasteiger partial charge in [-0.3, -0.25) is 10.1 Å². The molecule has 9 heteroatoms. The molecule has 3 aromatic rings. The van der Waals surface area contributed by atoms with E-state index in [0.717, 1.165) is 15.7 Å². The molecular formula is C19H16BrN3O3S2. The first kappa shape index (κ1) is 20.2. The van der Waals surface area contributed by atoms with Crippen molar-refractivity contribution in [2.45, 2.75) is 0 Å². The molecule has 6 nitrogen and oxygen atoms in total. The first-order valence-corrected chi connectivity index (χ1v) is 10.1. The van der Waals surface area contributed by atoms with Crippen molar-refractivity contribution in [2.24, 2.45) is 0 Å². The number of nitrogens with zero attached hydrogens (tertiary/aromatic N) is 1. The SMILES string of the molecule is COc1ccc(-c2csc(NC(=S)NC(=O)c3cccc(Br)c3)n2)cc1OC. The predicted molar refractivity (Wildman–Crippen MR) is 118 cm³/mol. The van der Waals surface area contributed by atoms with E-state index in [2.05, 4.69) is 31.5 Å². The number of aromatic nitrogens is 1. The molecule has 1 aromatic heterocycles. The summed E-state index contributed by atoms with van der Waals surface area (Å²) in [7, 11) is 3.17. The van der Waals surface area contributed by atoms with E-state index in [-0.39, 0.29) is 11.0 Å². The van der Waals surface area contributed by atoms with Crippen molar-refractivity contribution in [1.82, 2.24) is 10.3 Å². The maximum absolute atomic E-state index is 12.3. The third-order valence-corrected chi connectivity index (χ3v) is 5.17. The Morgan fingerprint density at radius 1 is 1.14 bits per heavy atom. The minimum Gasteiger partial charge on any atom is -0.493 e. The fraction of sp³-hybridized carbons (Fsp3) is 0.105. The molecule has 3 rings (SSSR count). The summed E-state index contributed by atoms with van der Waals surface area (Å²) in [6.07, 6.45) is 0. The molecule has 0 spiro atoms. The summed E-state index contributed by atoms with van der Waals surface area (Å²) < 4.78 is 11.4. The Hall–Kier alpha value is -2.49. The van der Waals surface area contributed by atoms with Gasteiger partial charge in [-0.05, 0) is 48.6 Å². The van der Waals surface area contributed by atoms with E-state index in [1.165, 1.54) is 11.3 Å². The lowest BCUT2D eigenvalue weighted by Gasteiger charge is -2.08. The van der Waals surface area contributed by atoms with Crippen molar-refractivity contribution in [3.63, 3.8) is 0 Å². The molecule has 144 valence electrons. The van der Waals surface area contributed by atoms with Gasteiger partial charge in [-0.2, -0.15) is 0 Å². The average molecular weight is 478 g/mol. The van der Waals surface area contributed by atoms with Crippen LogP contribution in [-0.4, -0.2) is 30.2 Å². The summed E-state index contributed by atoms with van der Waals surface area (Å²) >= 11 is 9.94. The van der Waals surface area contributed by atoms with Crippen molar-refractivity contribution < 1.29 is 14.3 Å². The molecule has 2 aromatic carbocycles. The molecule has 0 bridgehead atoms. The largest absolute Gasteiger partial charge is 0.493 e. The number of thiocarbonyl (C=S) groups is 1. The molecule has 0 aliphatic heterocycles. The number of ether oxygens (including phenoxy) is 2. The number of rotatable bonds is 5. The fourth-order valence-corrected chi connectivity index (χ4v) is 3.77. The molecule has 0 aliphatic carbocycles. The first-order chi connectivity index (χ1) is 13.5. The lowest BCUT2D eigenvalue weighted by atomic mass is 10.1. The van der Waals surface area contributed by atoms with Gasteiger partial charge in [-0.25, -0.2) is 4.98 Å². The maximum atomic E-state index is 12.3. The molecule has 1 amide bonds. The highest BCUT2D eigenvalue weighted by Crippen LogP contribution is 2.33. The Morgan fingerprint density at radius 2 is 1.93 bits per heavy atom. The molecule has 0 radical (unpaired) electrons. The normalized spacial score (nSPS) is 10.2. The van der Waals surface area contributed by atoms with Crippen LogP contribution < -0.4 is 20.1 Å². The van der Waals surface area contributed by atoms with Gasteiger partial charge in [-0.15, -0.1) is 11.3 Å². The van der Waals surface area contributed by atoms with Crippen LogP contribution in [0, 0.1) is 0 Å². The molecule has 1 heterocycles. The quantitative estimate of drug-likeness (QED) is 0.518. The van der Waals surface area contributed by atoms with Crippen LogP contribution in [0.15, 0.2) is 52.3 Å². The lowest BCUT2D eigenvalue weighted by molar-refractivity contribution is 0.0977. The second-order valence-electron chi connectivity index (χ2n) is 5.53. The van der Waals surface area contributed by atoms with Crippen molar-refractivity contribution >= 4 is 55.6 Å². The molecule has 0 atom stereocenters. The summed E-state index contributed by atoms with van der Waals surface area (Å²) in [5, 5.41) is 8.23. The van der Waals surface area contributed by atoms with Crippen molar-refractivity contribution in [3.05, 3.63) is 57.9 Å². The van der Waals surface area contributed by atoms with E-state index in [0.29, 0.717) is 22.2 Å². The fourth-order valence-electron chi connectivity index (χ4n) is 2.39. The predicted octanol–water partition coefficient (Wildman–Crippen LogP) is 4.72. The zero-order valence-corrected chi connectivity index (χ0v) is 18.2. The topological polar surface area (TPSA) is 72.5 Å². The molecule has 0 aliphatic rings. The number of carbonyl (C=O) groups is 1. The molecular weight excluding hydrogens is 462 g/mol. The second kappa shape index (κ2) is 9.13. The Kier molecular flexibility index (Phi) is 6.61. The number of benzene rings is 2. The van der Waals surface area contributed by atoms with Crippen molar-refractivity contribution in [3.8, 4) is 22.8 Å². The Bertz CT molecular complexity index is 1020. The summed E-state index contributed by atoms with van der Waals surface area (Å²) in [5.41, 5.74) is 2.14. The van der Waals surface area contributed by atoms with Gasteiger partial charge in [-0.1, -0.05) is 22.0 Å². The molecule has 0 saturated heterocycles. The van der Waals surface area contributed by atoms with Crippen LogP contribution in [0.25, 0.3) is 11.3 Å². The second-order valence-corrected chi connectivity index (χ2v) is 7.71. The van der Waals surface area contributed by atoms with Gasteiger partial charge in [0.25, 0.3) is 5.91 Å². The maximum Gasteiger partial charge on any atom is 0.257 e. The van der Waals surface area contributed by atoms with E-state index in [1.807, 2.05) is 29.6 Å². The van der Waals surface area contributed by atoms with Crippen LogP contribution in [0.3, 0.4) is 0 Å². The summed E-state index contributed by atoms with van der Waals surface area (Å²) in [5.74, 6) is 0.978. The number of halogens is 1. The Morgan fingerprint density at radius 3 is 2.64 bits per heavy atom. The van der Waals surface area contributed by atoms with Crippen LogP contribution in [0.1, 0.15) is 10.4 Å². The molecule has 0 fully saturated rings. The van der Waals surface area contributed by atoms with E-state index in [1.54, 1.807) is 32.4 Å². The first-order valence-electron chi connectivity index (χ1n) is 8.06. The van der Waals surface area contributed by atoms with Crippen LogP contribution in [-0.2, 0) is 0 Å². The van der Waals surface area contributed by atoms with Crippen molar-refractivity contribution in [1.29, 1.82) is 0 Å². The van der Waals surface area contributed by atoms with Gasteiger partial charge in [0.15, 0.2) is 21.7 Å². The van der Waals surface area contributed by atoms with Gasteiger partial charge in [0.2, 0.25) is 0 Å². The van der Waals surface area contributed by atoms with E-state index in [4.69, 9.17) is 21.7 Å². The van der Waals surface area contributed by atoms with Gasteiger partial charge < -0.3 is 14.8 Å². The number of anilines is 1. The highest BCUT2D eigenvalue weighted by atomic mass is 79.9. The number of thiazole rings is 1. The van der Waals surface area contributed by atoms with Gasteiger partial charge in [0, 0.05) is 21.0 Å². The standard InChI is InChI=1S/C19H16BrN3O3S2/c1-25-15-7-6-11(9-16(15)26-2)14-10-28-19(21-14)23-18(27)22-17(24)12-4-3-5-13(20)8-12/h3-10H,1-2H3,(H2,21,22,23,24,27). The zero-order valence-electron chi connectivity index (χ0n) is 15.0. The lowest BCUT2D eigenvalue weighted by Crippen LogP contribution is -2.34. The van der Waals surface area contributed by atoms with E-state index in [9.17, 15) is 4.79 Å². The molecule has 28 heavy (non-hydrogen) atoms. The van der Waals surface area contributed by atoms with E-state index >= 15 is 0 Å². The minimum absolute atomic E-state index is 0.179. The summed E-state index contributed by atoms with van der Waals surface area (Å²) in [4.78, 5) is 16.8. The summed E-state index contributed by atoms with van der Waals surface area (Å²) in [6.45, 7) is 0. The third kappa shape index (κ3) is 4.86. The third-order valence-electron chi connectivity index (χ3n) is 3.72. The highest BCUT2D eigenvalue weighted by Gasteiger charge is 2.12. The number of nitrogens with one attached hydrogen (secondary N) is 2. The average Bonchev–Trinajstić information content (AvgIpc) is 3.15. The van der Waals surface area contributed by atoms with E-state index < -0.39 is 0 Å². The van der Waals surface area contributed by atoms with Gasteiger partial charge in [0.1, 0.15) is 0 Å². The number of hydrogen-bond donors (Lipinski definition) is 2. The number of amides is 1. The molecule has 2 N–H and O–H groups in total. The minimum atomic E-state index is -0.296. The Labute approximate surface area is 180 Å². The van der Waals surface area contributed by atoms with Gasteiger partial charge in [0.05, 0.1) is 19.9 Å². The highest BCUT2D eigenvalue weighted by molar-refractivity contribution is 9.10. The molecule has 0 saturated carbocycles.